The largest absolute Gasteiger partial charge is 0.490 e. The number of aromatic nitrogens is 2. The lowest BCUT2D eigenvalue weighted by Crippen LogP contribution is -2.16. The lowest BCUT2D eigenvalue weighted by atomic mass is 10.1. The number of nitrogens with zero attached hydrogens (tertiary/aromatic N) is 3. The molecule has 0 aliphatic heterocycles. The van der Waals surface area contributed by atoms with Gasteiger partial charge in [0, 0.05) is 11.5 Å². The van der Waals surface area contributed by atoms with Gasteiger partial charge in [-0.2, -0.15) is 23.0 Å². The number of carbonyl (C=O) groups excluding carboxylic acids is 1. The minimum atomic E-state index is -3.79. The highest BCUT2D eigenvalue weighted by Crippen LogP contribution is 2.30. The van der Waals surface area contributed by atoms with Crippen LogP contribution in [0.15, 0.2) is 28.9 Å². The number of benzene rings is 1. The molecule has 1 aromatic carbocycles. The van der Waals surface area contributed by atoms with E-state index in [2.05, 4.69) is 14.7 Å². The van der Waals surface area contributed by atoms with Crippen LogP contribution in [0, 0.1) is 11.3 Å². The van der Waals surface area contributed by atoms with E-state index in [0.717, 1.165) is 6.26 Å². The first-order valence-electron chi connectivity index (χ1n) is 9.04. The van der Waals surface area contributed by atoms with Crippen molar-refractivity contribution in [1.29, 1.82) is 5.26 Å². The molecule has 32 heavy (non-hydrogen) atoms. The number of nitrogens with one attached hydrogen (secondary N) is 1. The Morgan fingerprint density at radius 1 is 1.28 bits per heavy atom. The Morgan fingerprint density at radius 2 is 1.97 bits per heavy atom. The molecule has 14 heteroatoms. The van der Waals surface area contributed by atoms with E-state index in [9.17, 15) is 26.9 Å². The molecule has 0 atom stereocenters. The lowest BCUT2D eigenvalue weighted by Gasteiger charge is -2.11. The summed E-state index contributed by atoms with van der Waals surface area (Å²) in [6, 6.07) is 5.93. The number of nitriles is 1. The van der Waals surface area contributed by atoms with Gasteiger partial charge in [0.25, 0.3) is 11.1 Å². The molecule has 2 rings (SSSR count). The average Bonchev–Trinajstić information content (AvgIpc) is 3.16. The number of hydrogen-bond donors (Lipinski definition) is 1. The standard InChI is InChI=1S/C18H20N4O7S3/c1-5-28-15-9-12(6-7-14(15)29-31(4,24)25)8-13(10-19)16(23)20-17-21-18(22-30-17)32(26,27)11(2)3/h6-9,11H,5H2,1-4H3,(H,20,21,22,23). The highest BCUT2D eigenvalue weighted by molar-refractivity contribution is 7.91. The van der Waals surface area contributed by atoms with Crippen LogP contribution in [-0.2, 0) is 24.7 Å². The first-order chi connectivity index (χ1) is 14.9. The summed E-state index contributed by atoms with van der Waals surface area (Å²) in [5.41, 5.74) is 0.0500. The van der Waals surface area contributed by atoms with Crippen LogP contribution in [0.2, 0.25) is 0 Å². The molecule has 0 unspecified atom stereocenters. The minimum Gasteiger partial charge on any atom is -0.490 e. The fraction of sp³-hybridized carbons (Fsp3) is 0.333. The zero-order chi connectivity index (χ0) is 24.1. The maximum atomic E-state index is 12.5. The first-order valence-corrected chi connectivity index (χ1v) is 13.2. The number of amides is 1. The second kappa shape index (κ2) is 10.1. The van der Waals surface area contributed by atoms with E-state index < -0.39 is 36.3 Å². The summed E-state index contributed by atoms with van der Waals surface area (Å²) in [5.74, 6) is -0.759. The third-order valence-corrected chi connectivity index (χ3v) is 6.85. The monoisotopic (exact) mass is 500 g/mol. The van der Waals surface area contributed by atoms with Gasteiger partial charge in [-0.1, -0.05) is 6.07 Å². The Bertz CT molecular complexity index is 1290. The van der Waals surface area contributed by atoms with Crippen LogP contribution in [-0.4, -0.2) is 50.2 Å². The number of carbonyl (C=O) groups is 1. The van der Waals surface area contributed by atoms with Crippen molar-refractivity contribution in [2.45, 2.75) is 31.2 Å². The second-order valence-electron chi connectivity index (χ2n) is 6.53. The van der Waals surface area contributed by atoms with Gasteiger partial charge in [0.1, 0.15) is 11.6 Å². The lowest BCUT2D eigenvalue weighted by molar-refractivity contribution is -0.112. The predicted molar refractivity (Wildman–Crippen MR) is 118 cm³/mol. The van der Waals surface area contributed by atoms with Crippen molar-refractivity contribution in [3.05, 3.63) is 29.3 Å². The molecule has 1 aromatic heterocycles. The Morgan fingerprint density at radius 3 is 2.53 bits per heavy atom. The van der Waals surface area contributed by atoms with Crippen molar-refractivity contribution in [3.8, 4) is 17.6 Å². The van der Waals surface area contributed by atoms with Gasteiger partial charge in [-0.15, -0.1) is 0 Å². The molecule has 0 fully saturated rings. The van der Waals surface area contributed by atoms with Crippen molar-refractivity contribution in [3.63, 3.8) is 0 Å². The van der Waals surface area contributed by atoms with Crippen LogP contribution in [0.25, 0.3) is 6.08 Å². The Balaban J connectivity index is 2.29. The van der Waals surface area contributed by atoms with E-state index in [1.165, 1.54) is 38.1 Å². The quantitative estimate of drug-likeness (QED) is 0.306. The van der Waals surface area contributed by atoms with E-state index in [-0.39, 0.29) is 28.8 Å². The highest BCUT2D eigenvalue weighted by Gasteiger charge is 2.25. The normalized spacial score (nSPS) is 12.3. The number of hydrogen-bond acceptors (Lipinski definition) is 11. The molecule has 0 aliphatic rings. The molecule has 0 saturated heterocycles. The molecule has 0 saturated carbocycles. The summed E-state index contributed by atoms with van der Waals surface area (Å²) in [7, 11) is -7.49. The summed E-state index contributed by atoms with van der Waals surface area (Å²) in [4.78, 5) is 16.3. The van der Waals surface area contributed by atoms with E-state index in [1.807, 2.05) is 0 Å². The van der Waals surface area contributed by atoms with E-state index in [0.29, 0.717) is 17.1 Å². The summed E-state index contributed by atoms with van der Waals surface area (Å²) in [6.07, 6.45) is 2.13. The van der Waals surface area contributed by atoms with Crippen LogP contribution < -0.4 is 14.2 Å². The van der Waals surface area contributed by atoms with Gasteiger partial charge >= 0.3 is 10.1 Å². The van der Waals surface area contributed by atoms with E-state index >= 15 is 0 Å². The van der Waals surface area contributed by atoms with Gasteiger partial charge in [-0.3, -0.25) is 10.1 Å². The van der Waals surface area contributed by atoms with Gasteiger partial charge in [-0.05, 0) is 44.5 Å². The van der Waals surface area contributed by atoms with Crippen molar-refractivity contribution >= 4 is 48.6 Å². The summed E-state index contributed by atoms with van der Waals surface area (Å²) < 4.78 is 61.0. The van der Waals surface area contributed by atoms with Crippen LogP contribution in [0.1, 0.15) is 26.3 Å². The molecule has 1 amide bonds. The average molecular weight is 501 g/mol. The van der Waals surface area contributed by atoms with E-state index in [4.69, 9.17) is 8.92 Å². The van der Waals surface area contributed by atoms with Crippen LogP contribution in [0.4, 0.5) is 5.13 Å². The molecule has 0 bridgehead atoms. The number of sulfone groups is 1. The summed E-state index contributed by atoms with van der Waals surface area (Å²) >= 11 is 0.670. The van der Waals surface area contributed by atoms with Crippen LogP contribution in [0.3, 0.4) is 0 Å². The van der Waals surface area contributed by atoms with Gasteiger partial charge in [0.05, 0.1) is 18.1 Å². The molecule has 1 N–H and O–H groups in total. The summed E-state index contributed by atoms with van der Waals surface area (Å²) in [5, 5.41) is 10.5. The van der Waals surface area contributed by atoms with Gasteiger partial charge in [0.15, 0.2) is 11.5 Å². The number of rotatable bonds is 9. The van der Waals surface area contributed by atoms with Gasteiger partial charge < -0.3 is 8.92 Å². The minimum absolute atomic E-state index is 0.0396. The maximum Gasteiger partial charge on any atom is 0.306 e. The first kappa shape index (κ1) is 25.2. The maximum absolute atomic E-state index is 12.5. The zero-order valence-corrected chi connectivity index (χ0v) is 20.0. The SMILES string of the molecule is CCOc1cc(C=C(C#N)C(=O)Nc2nc(S(=O)(=O)C(C)C)ns2)ccc1OS(C)(=O)=O. The third-order valence-electron chi connectivity index (χ3n) is 3.69. The van der Waals surface area contributed by atoms with Crippen molar-refractivity contribution in [2.75, 3.05) is 18.2 Å². The second-order valence-corrected chi connectivity index (χ2v) is 11.3. The third kappa shape index (κ3) is 6.49. The fourth-order valence-corrected chi connectivity index (χ4v) is 4.34. The molecule has 0 spiro atoms. The molecule has 0 aliphatic carbocycles. The van der Waals surface area contributed by atoms with Gasteiger partial charge in [-0.25, -0.2) is 8.42 Å². The predicted octanol–water partition coefficient (Wildman–Crippen LogP) is 2.00. The Kier molecular flexibility index (Phi) is 7.94. The molecular formula is C18H20N4O7S3. The Hall–Kier alpha value is -3.02. The Labute approximate surface area is 189 Å². The zero-order valence-electron chi connectivity index (χ0n) is 17.5. The highest BCUT2D eigenvalue weighted by atomic mass is 32.2. The smallest absolute Gasteiger partial charge is 0.306 e. The van der Waals surface area contributed by atoms with Crippen molar-refractivity contribution < 1.29 is 30.6 Å². The molecular weight excluding hydrogens is 480 g/mol. The molecule has 1 heterocycles. The van der Waals surface area contributed by atoms with Crippen LogP contribution in [0.5, 0.6) is 11.5 Å². The molecule has 2 aromatic rings. The topological polar surface area (TPSA) is 165 Å². The fourth-order valence-electron chi connectivity index (χ4n) is 2.18. The van der Waals surface area contributed by atoms with Crippen molar-refractivity contribution in [2.24, 2.45) is 0 Å². The molecule has 11 nitrogen and oxygen atoms in total. The van der Waals surface area contributed by atoms with E-state index in [1.54, 1.807) is 13.0 Å². The van der Waals surface area contributed by atoms with Crippen LogP contribution >= 0.6 is 11.5 Å². The van der Waals surface area contributed by atoms with Crippen molar-refractivity contribution in [1.82, 2.24) is 9.36 Å². The van der Waals surface area contributed by atoms with Gasteiger partial charge in [0.2, 0.25) is 15.0 Å². The number of anilines is 1. The number of ether oxygens (including phenoxy) is 1. The molecule has 0 radical (unpaired) electrons. The summed E-state index contributed by atoms with van der Waals surface area (Å²) in [6.45, 7) is 4.87. The molecule has 172 valence electrons.